The van der Waals surface area contributed by atoms with Crippen molar-refractivity contribution in [2.24, 2.45) is 0 Å². The molecule has 0 bridgehead atoms. The van der Waals surface area contributed by atoms with Gasteiger partial charge in [-0.25, -0.2) is 0 Å². The molecule has 2 saturated heterocycles. The Hall–Kier alpha value is 0.970. The summed E-state index contributed by atoms with van der Waals surface area (Å²) < 4.78 is 30.0. The van der Waals surface area contributed by atoms with Gasteiger partial charge in [-0.3, -0.25) is 0 Å². The number of phosphoric acid groups is 1. The first-order valence-electron chi connectivity index (χ1n) is 7.79. The third-order valence-electron chi connectivity index (χ3n) is 4.20. The zero-order valence-electron chi connectivity index (χ0n) is 14.3. The molecule has 0 spiro atoms. The van der Waals surface area contributed by atoms with Crippen LogP contribution in [0.25, 0.3) is 0 Å². The number of aliphatic hydroxyl groups excluding tert-OH is 7. The van der Waals surface area contributed by atoms with Gasteiger partial charge in [0, 0.05) is 0 Å². The first-order chi connectivity index (χ1) is 12.5. The quantitative estimate of drug-likeness (QED) is 0.144. The predicted octanol–water partition coefficient (Wildman–Crippen LogP) is -6.92. The molecule has 2 heterocycles. The van der Waals surface area contributed by atoms with E-state index < -0.39 is 82.4 Å². The molecule has 2 unspecified atom stereocenters. The van der Waals surface area contributed by atoms with Crippen LogP contribution in [0.2, 0.25) is 0 Å². The van der Waals surface area contributed by atoms with Crippen molar-refractivity contribution in [2.75, 3.05) is 13.2 Å². The van der Waals surface area contributed by atoms with Crippen LogP contribution in [0.15, 0.2) is 0 Å². The van der Waals surface area contributed by atoms with Gasteiger partial charge in [-0.1, -0.05) is 0 Å². The van der Waals surface area contributed by atoms with E-state index in [0.29, 0.717) is 0 Å². The first kappa shape index (κ1) is 27.0. The summed E-state index contributed by atoms with van der Waals surface area (Å²) in [6.45, 7) is -1.72. The van der Waals surface area contributed by atoms with Crippen LogP contribution in [0, 0.1) is 0 Å². The summed E-state index contributed by atoms with van der Waals surface area (Å²) >= 11 is 0. The molecular formula is C12H21CaO14P. The number of hydrogen-bond acceptors (Lipinski definition) is 14. The van der Waals surface area contributed by atoms with Gasteiger partial charge in [-0.2, -0.15) is 0 Å². The van der Waals surface area contributed by atoms with Gasteiger partial charge in [0.2, 0.25) is 0 Å². The summed E-state index contributed by atoms with van der Waals surface area (Å²) in [5.41, 5.74) is 0. The van der Waals surface area contributed by atoms with Crippen LogP contribution in [0.5, 0.6) is 0 Å². The summed E-state index contributed by atoms with van der Waals surface area (Å²) in [6.07, 6.45) is -17.8. The molecule has 0 aromatic heterocycles. The molecule has 28 heavy (non-hydrogen) atoms. The smallest absolute Gasteiger partial charge is 0.790 e. The molecule has 10 atom stereocenters. The summed E-state index contributed by atoms with van der Waals surface area (Å²) in [5.74, 6) is 0. The van der Waals surface area contributed by atoms with Crippen molar-refractivity contribution < 1.29 is 68.8 Å². The first-order valence-corrected chi connectivity index (χ1v) is 9.25. The van der Waals surface area contributed by atoms with Crippen molar-refractivity contribution in [3.8, 4) is 0 Å². The molecule has 0 saturated carbocycles. The van der Waals surface area contributed by atoms with E-state index in [4.69, 9.17) is 14.2 Å². The van der Waals surface area contributed by atoms with Crippen LogP contribution in [0.4, 0.5) is 0 Å². The summed E-state index contributed by atoms with van der Waals surface area (Å²) in [6, 6.07) is 0. The fourth-order valence-corrected chi connectivity index (χ4v) is 3.39. The number of ether oxygens (including phenoxy) is 3. The van der Waals surface area contributed by atoms with E-state index in [1.807, 2.05) is 0 Å². The van der Waals surface area contributed by atoms with Gasteiger partial charge in [0.05, 0.1) is 21.0 Å². The maximum atomic E-state index is 10.8. The Morgan fingerprint density at radius 1 is 0.821 bits per heavy atom. The van der Waals surface area contributed by atoms with Gasteiger partial charge in [0.15, 0.2) is 12.6 Å². The Morgan fingerprint density at radius 3 is 1.82 bits per heavy atom. The van der Waals surface area contributed by atoms with E-state index in [0.717, 1.165) is 0 Å². The van der Waals surface area contributed by atoms with E-state index >= 15 is 0 Å². The van der Waals surface area contributed by atoms with Gasteiger partial charge in [0.25, 0.3) is 0 Å². The van der Waals surface area contributed by atoms with Gasteiger partial charge >= 0.3 is 37.7 Å². The fourth-order valence-electron chi connectivity index (χ4n) is 2.83. The summed E-state index contributed by atoms with van der Waals surface area (Å²) in [4.78, 5) is 21.5. The normalized spacial score (nSPS) is 44.8. The van der Waals surface area contributed by atoms with Crippen molar-refractivity contribution in [1.82, 2.24) is 0 Å². The second-order valence-corrected chi connectivity index (χ2v) is 7.16. The average molecular weight is 460 g/mol. The molecule has 14 nitrogen and oxygen atoms in total. The molecule has 0 aromatic rings. The zero-order valence-corrected chi connectivity index (χ0v) is 17.4. The van der Waals surface area contributed by atoms with E-state index in [-0.39, 0.29) is 37.7 Å². The standard InChI is InChI=1S/C12H23O14P.Ca/c13-1-3-9(5(15)7(17)11(19)23-3)25-12-8(18)6(16)10(4(2-14)24-12)26-27(20,21)22;/h3-19H,1-2H2,(H2,20,21,22);/q;+2/p-2/t3-,4-,5-,6-,7-,8-,9-,10-,11?,12?;/m1./s1. The second-order valence-electron chi connectivity index (χ2n) is 6.05. The molecule has 7 N–H and O–H groups in total. The van der Waals surface area contributed by atoms with Gasteiger partial charge < -0.3 is 68.8 Å². The maximum absolute atomic E-state index is 10.8. The second kappa shape index (κ2) is 11.0. The minimum absolute atomic E-state index is 0. The Morgan fingerprint density at radius 2 is 1.32 bits per heavy atom. The van der Waals surface area contributed by atoms with Crippen molar-refractivity contribution in [3.63, 3.8) is 0 Å². The third-order valence-corrected chi connectivity index (χ3v) is 4.70. The Balaban J connectivity index is 0.00000392. The number of phosphoric ester groups is 1. The molecule has 0 aliphatic carbocycles. The monoisotopic (exact) mass is 460 g/mol. The molecule has 2 aliphatic heterocycles. The van der Waals surface area contributed by atoms with Crippen LogP contribution in [-0.2, 0) is 23.3 Å². The molecule has 2 aliphatic rings. The molecule has 0 aromatic carbocycles. The van der Waals surface area contributed by atoms with Crippen LogP contribution in [-0.4, -0.2) is 148 Å². The van der Waals surface area contributed by atoms with Gasteiger partial charge in [-0.05, 0) is 0 Å². The largest absolute Gasteiger partial charge is 2.00 e. The van der Waals surface area contributed by atoms with E-state index in [9.17, 15) is 50.1 Å². The SMILES string of the molecule is O=P([O-])([O-])O[C@H]1[C@H](O)[C@@H](O)C(O[C@H]2[C@H](O)[C@@H](O)C(O)O[C@@H]2CO)O[C@@H]1CO.[Ca+2]. The molecule has 16 heteroatoms. The average Bonchev–Trinajstić information content (AvgIpc) is 2.60. The van der Waals surface area contributed by atoms with Gasteiger partial charge in [-0.15, -0.1) is 0 Å². The predicted molar refractivity (Wildman–Crippen MR) is 80.8 cm³/mol. The number of aliphatic hydroxyl groups is 7. The van der Waals surface area contributed by atoms with E-state index in [1.54, 1.807) is 0 Å². The topological polar surface area (TPSA) is 242 Å². The molecule has 2 rings (SSSR count). The van der Waals surface area contributed by atoms with E-state index in [1.165, 1.54) is 0 Å². The van der Waals surface area contributed by atoms with Crippen molar-refractivity contribution in [2.45, 2.75) is 61.4 Å². The van der Waals surface area contributed by atoms with Crippen LogP contribution in [0.3, 0.4) is 0 Å². The number of rotatable bonds is 6. The number of hydrogen-bond donors (Lipinski definition) is 7. The van der Waals surface area contributed by atoms with Crippen LogP contribution >= 0.6 is 7.82 Å². The van der Waals surface area contributed by atoms with Crippen molar-refractivity contribution in [1.29, 1.82) is 0 Å². The minimum atomic E-state index is -5.60. The Labute approximate surface area is 188 Å². The molecule has 2 fully saturated rings. The molecular weight excluding hydrogens is 439 g/mol. The summed E-state index contributed by atoms with van der Waals surface area (Å²) in [5, 5.41) is 67.7. The molecule has 0 radical (unpaired) electrons. The summed E-state index contributed by atoms with van der Waals surface area (Å²) in [7, 11) is -5.60. The van der Waals surface area contributed by atoms with E-state index in [2.05, 4.69) is 4.52 Å². The van der Waals surface area contributed by atoms with Crippen LogP contribution < -0.4 is 9.79 Å². The molecule has 0 amide bonds. The minimum Gasteiger partial charge on any atom is -0.790 e. The van der Waals surface area contributed by atoms with Crippen molar-refractivity contribution >= 4 is 45.6 Å². The van der Waals surface area contributed by atoms with Crippen molar-refractivity contribution in [3.05, 3.63) is 0 Å². The van der Waals surface area contributed by atoms with Gasteiger partial charge in [0.1, 0.15) is 48.8 Å². The van der Waals surface area contributed by atoms with Crippen LogP contribution in [0.1, 0.15) is 0 Å². The fraction of sp³-hybridized carbons (Fsp3) is 1.00. The maximum Gasteiger partial charge on any atom is 2.00 e. The Bertz CT molecular complexity index is 530. The third kappa shape index (κ3) is 6.24. The Kier molecular flexibility index (Phi) is 10.6. The zero-order chi connectivity index (χ0) is 20.5. The molecule has 160 valence electrons.